The Balaban J connectivity index is 2.29. The second-order valence-corrected chi connectivity index (χ2v) is 8.40. The van der Waals surface area contributed by atoms with Gasteiger partial charge in [-0.1, -0.05) is 0 Å². The van der Waals surface area contributed by atoms with Gasteiger partial charge in [0.15, 0.2) is 9.84 Å². The first-order valence-corrected chi connectivity index (χ1v) is 8.10. The minimum atomic E-state index is -3.36. The van der Waals surface area contributed by atoms with Crippen LogP contribution in [0, 0.1) is 0 Å². The highest BCUT2D eigenvalue weighted by atomic mass is 32.2. The summed E-state index contributed by atoms with van der Waals surface area (Å²) in [6.45, 7) is 9.09. The molecular weight excluding hydrogens is 278 g/mol. The number of fused-ring (bicyclic) bond motifs is 1. The molecule has 2 rings (SSSR count). The molecule has 0 spiro atoms. The molecule has 2 fully saturated rings. The standard InChI is InChI=1S/C13H21N3O3S/c1-9(14-4)7-15(5)8-13(3)10(2)16-11(17)6-12(16)20(13,18)19/h7,10,12H,4,6,8H2,1-3,5H3/b9-7-/t10-,12?,13-/m0/s1. The van der Waals surface area contributed by atoms with Crippen LogP contribution in [0.4, 0.5) is 0 Å². The van der Waals surface area contributed by atoms with Crippen LogP contribution >= 0.6 is 0 Å². The molecule has 0 aliphatic carbocycles. The smallest absolute Gasteiger partial charge is 0.227 e. The highest BCUT2D eigenvalue weighted by molar-refractivity contribution is 7.93. The predicted molar refractivity (Wildman–Crippen MR) is 78.0 cm³/mol. The van der Waals surface area contributed by atoms with E-state index in [0.29, 0.717) is 6.54 Å². The zero-order chi connectivity index (χ0) is 15.3. The van der Waals surface area contributed by atoms with Gasteiger partial charge in [0.1, 0.15) is 10.1 Å². The number of allylic oxidation sites excluding steroid dienone is 1. The van der Waals surface area contributed by atoms with Gasteiger partial charge in [0.05, 0.1) is 18.2 Å². The van der Waals surface area contributed by atoms with E-state index in [1.165, 1.54) is 4.90 Å². The van der Waals surface area contributed by atoms with Gasteiger partial charge in [0, 0.05) is 19.8 Å². The summed E-state index contributed by atoms with van der Waals surface area (Å²) in [4.78, 5) is 18.7. The topological polar surface area (TPSA) is 70.0 Å². The van der Waals surface area contributed by atoms with Gasteiger partial charge in [-0.15, -0.1) is 0 Å². The lowest BCUT2D eigenvalue weighted by atomic mass is 9.97. The lowest BCUT2D eigenvalue weighted by Crippen LogP contribution is -2.54. The maximum Gasteiger partial charge on any atom is 0.227 e. The van der Waals surface area contributed by atoms with Crippen LogP contribution in [-0.4, -0.2) is 60.6 Å². The molecule has 1 unspecified atom stereocenters. The van der Waals surface area contributed by atoms with E-state index in [9.17, 15) is 13.2 Å². The second-order valence-electron chi connectivity index (χ2n) is 5.84. The molecule has 2 aliphatic heterocycles. The summed E-state index contributed by atoms with van der Waals surface area (Å²) >= 11 is 0. The molecule has 7 heteroatoms. The van der Waals surface area contributed by atoms with Crippen LogP contribution in [0.1, 0.15) is 27.2 Å². The first kappa shape index (κ1) is 15.0. The van der Waals surface area contributed by atoms with Gasteiger partial charge < -0.3 is 9.80 Å². The first-order valence-electron chi connectivity index (χ1n) is 6.55. The zero-order valence-electron chi connectivity index (χ0n) is 12.3. The fraction of sp³-hybridized carbons (Fsp3) is 0.692. The fourth-order valence-electron chi connectivity index (χ4n) is 3.09. The average molecular weight is 299 g/mol. The van der Waals surface area contributed by atoms with Crippen molar-refractivity contribution in [2.24, 2.45) is 4.99 Å². The number of carbonyl (C=O) groups is 1. The van der Waals surface area contributed by atoms with Crippen molar-refractivity contribution in [3.8, 4) is 0 Å². The van der Waals surface area contributed by atoms with Crippen LogP contribution in [0.5, 0.6) is 0 Å². The van der Waals surface area contributed by atoms with Crippen molar-refractivity contribution in [2.75, 3.05) is 13.6 Å². The number of hydrogen-bond donors (Lipinski definition) is 0. The number of sulfone groups is 1. The van der Waals surface area contributed by atoms with Crippen molar-refractivity contribution < 1.29 is 13.2 Å². The van der Waals surface area contributed by atoms with Gasteiger partial charge in [0.25, 0.3) is 0 Å². The molecule has 3 atom stereocenters. The summed E-state index contributed by atoms with van der Waals surface area (Å²) in [7, 11) is -1.55. The molecule has 2 aliphatic rings. The van der Waals surface area contributed by atoms with Crippen molar-refractivity contribution in [1.29, 1.82) is 0 Å². The number of carbonyl (C=O) groups excluding carboxylic acids is 1. The Morgan fingerprint density at radius 2 is 2.25 bits per heavy atom. The maximum atomic E-state index is 12.6. The third kappa shape index (κ3) is 1.87. The van der Waals surface area contributed by atoms with E-state index < -0.39 is 20.0 Å². The van der Waals surface area contributed by atoms with Crippen molar-refractivity contribution >= 4 is 22.5 Å². The molecule has 0 aromatic carbocycles. The molecule has 1 amide bonds. The van der Waals surface area contributed by atoms with Crippen LogP contribution in [0.2, 0.25) is 0 Å². The minimum Gasteiger partial charge on any atom is -0.377 e. The predicted octanol–water partition coefficient (Wildman–Crippen LogP) is 0.614. The lowest BCUT2D eigenvalue weighted by molar-refractivity contribution is -0.143. The minimum absolute atomic E-state index is 0.0723. The van der Waals surface area contributed by atoms with E-state index in [4.69, 9.17) is 0 Å². The van der Waals surface area contributed by atoms with Gasteiger partial charge in [-0.2, -0.15) is 0 Å². The van der Waals surface area contributed by atoms with Crippen molar-refractivity contribution in [1.82, 2.24) is 9.80 Å². The van der Waals surface area contributed by atoms with E-state index in [2.05, 4.69) is 11.7 Å². The molecule has 0 bridgehead atoms. The summed E-state index contributed by atoms with van der Waals surface area (Å²) < 4.78 is 24.3. The molecule has 0 saturated carbocycles. The Kier molecular flexibility index (Phi) is 3.44. The molecule has 2 heterocycles. The summed E-state index contributed by atoms with van der Waals surface area (Å²) in [6.07, 6.45) is 1.88. The van der Waals surface area contributed by atoms with Crippen LogP contribution in [-0.2, 0) is 14.6 Å². The fourth-order valence-corrected chi connectivity index (χ4v) is 5.65. The first-order chi connectivity index (χ1) is 9.15. The Hall–Kier alpha value is -1.37. The largest absolute Gasteiger partial charge is 0.377 e. The number of aliphatic imine (C=N–C) groups is 1. The van der Waals surface area contributed by atoms with Crippen LogP contribution < -0.4 is 0 Å². The van der Waals surface area contributed by atoms with Crippen molar-refractivity contribution in [3.05, 3.63) is 11.9 Å². The molecule has 2 saturated heterocycles. The SMILES string of the molecule is C=N/C(C)=C\N(C)C[C@@]1(C)[C@H](C)N2C(=O)CC2S1(=O)=O. The van der Waals surface area contributed by atoms with Gasteiger partial charge >= 0.3 is 0 Å². The monoisotopic (exact) mass is 299 g/mol. The van der Waals surface area contributed by atoms with Gasteiger partial charge in [-0.3, -0.25) is 9.79 Å². The summed E-state index contributed by atoms with van der Waals surface area (Å²) in [5.41, 5.74) is 0.721. The number of rotatable bonds is 4. The van der Waals surface area contributed by atoms with E-state index in [-0.39, 0.29) is 18.4 Å². The third-order valence-electron chi connectivity index (χ3n) is 4.48. The number of nitrogens with zero attached hydrogens (tertiary/aromatic N) is 3. The number of amides is 1. The highest BCUT2D eigenvalue weighted by Crippen LogP contribution is 2.45. The number of hydrogen-bond acceptors (Lipinski definition) is 5. The molecule has 6 nitrogen and oxygen atoms in total. The summed E-state index contributed by atoms with van der Waals surface area (Å²) in [5, 5.41) is -0.633. The molecule has 112 valence electrons. The number of β-lactam (4-membered cyclic amide) rings is 1. The van der Waals surface area contributed by atoms with Gasteiger partial charge in [-0.25, -0.2) is 8.42 Å². The Bertz CT molecular complexity index is 584. The maximum absolute atomic E-state index is 12.6. The quantitative estimate of drug-likeness (QED) is 0.563. The van der Waals surface area contributed by atoms with Gasteiger partial charge in [0.2, 0.25) is 5.91 Å². The van der Waals surface area contributed by atoms with E-state index in [1.807, 2.05) is 6.92 Å². The molecule has 0 aromatic rings. The van der Waals surface area contributed by atoms with E-state index >= 15 is 0 Å². The molecule has 0 N–H and O–H groups in total. The highest BCUT2D eigenvalue weighted by Gasteiger charge is 2.65. The van der Waals surface area contributed by atoms with E-state index in [1.54, 1.807) is 32.0 Å². The third-order valence-corrected chi connectivity index (χ3v) is 7.36. The van der Waals surface area contributed by atoms with Crippen LogP contribution in [0.25, 0.3) is 0 Å². The van der Waals surface area contributed by atoms with Crippen molar-refractivity contribution in [2.45, 2.75) is 43.4 Å². The Morgan fingerprint density at radius 1 is 1.65 bits per heavy atom. The van der Waals surface area contributed by atoms with E-state index in [0.717, 1.165) is 5.70 Å². The van der Waals surface area contributed by atoms with Gasteiger partial charge in [-0.05, 0) is 27.5 Å². The van der Waals surface area contributed by atoms with Crippen molar-refractivity contribution in [3.63, 3.8) is 0 Å². The molecule has 20 heavy (non-hydrogen) atoms. The Labute approximate surface area is 120 Å². The molecule has 0 radical (unpaired) electrons. The average Bonchev–Trinajstić information content (AvgIpc) is 2.44. The molecule has 0 aromatic heterocycles. The zero-order valence-corrected chi connectivity index (χ0v) is 13.1. The Morgan fingerprint density at radius 3 is 2.70 bits per heavy atom. The summed E-state index contributed by atoms with van der Waals surface area (Å²) in [5.74, 6) is -0.0723. The molecular formula is C13H21N3O3S. The normalized spacial score (nSPS) is 35.5. The van der Waals surface area contributed by atoms with Crippen LogP contribution in [0.3, 0.4) is 0 Å². The van der Waals surface area contributed by atoms with Crippen LogP contribution in [0.15, 0.2) is 16.9 Å². The summed E-state index contributed by atoms with van der Waals surface area (Å²) in [6, 6.07) is -0.313. The second kappa shape index (κ2) is 4.58. The lowest BCUT2D eigenvalue weighted by Gasteiger charge is -2.36.